The molecule has 1 atom stereocenters. The normalized spacial score (nSPS) is 12.7. The lowest BCUT2D eigenvalue weighted by Gasteiger charge is -2.16. The molecule has 228 valence electrons. The summed E-state index contributed by atoms with van der Waals surface area (Å²) in [5, 5.41) is 9.43. The second-order valence-corrected chi connectivity index (χ2v) is 10.9. The van der Waals surface area contributed by atoms with Crippen LogP contribution >= 0.6 is 11.3 Å². The Bertz CT molecular complexity index is 1790. The smallest absolute Gasteiger partial charge is 0.406 e. The molecule has 0 saturated heterocycles. The Kier molecular flexibility index (Phi) is 9.29. The van der Waals surface area contributed by atoms with Gasteiger partial charge in [0.25, 0.3) is 0 Å². The molecule has 0 spiro atoms. The van der Waals surface area contributed by atoms with E-state index in [0.29, 0.717) is 22.9 Å². The molecule has 0 aliphatic rings. The molecule has 0 aliphatic carbocycles. The lowest BCUT2D eigenvalue weighted by Crippen LogP contribution is -2.28. The monoisotopic (exact) mass is 620 g/mol. The van der Waals surface area contributed by atoms with Gasteiger partial charge < -0.3 is 10.1 Å². The Hall–Kier alpha value is -4.71. The molecule has 8 nitrogen and oxygen atoms in total. The fraction of sp³-hybridized carbons (Fsp3) is 0.250. The van der Waals surface area contributed by atoms with Crippen molar-refractivity contribution in [3.05, 3.63) is 106 Å². The first-order valence-electron chi connectivity index (χ1n) is 14.1. The highest BCUT2D eigenvalue weighted by Gasteiger charge is 2.31. The number of carbonyl (C=O) groups excluding carboxylic acids is 1. The van der Waals surface area contributed by atoms with Crippen molar-refractivity contribution in [3.8, 4) is 28.5 Å². The minimum atomic E-state index is -4.75. The van der Waals surface area contributed by atoms with E-state index in [9.17, 15) is 18.0 Å². The van der Waals surface area contributed by atoms with Crippen molar-refractivity contribution in [3.63, 3.8) is 0 Å². The van der Waals surface area contributed by atoms with E-state index in [4.69, 9.17) is 0 Å². The maximum atomic E-state index is 12.9. The summed E-state index contributed by atoms with van der Waals surface area (Å²) in [7, 11) is 0. The molecular formula is C32H31F3N6O2S. The maximum absolute atomic E-state index is 12.9. The molecule has 0 bridgehead atoms. The summed E-state index contributed by atoms with van der Waals surface area (Å²) in [6, 6.07) is 20.9. The number of thiazole rings is 1. The van der Waals surface area contributed by atoms with Gasteiger partial charge in [0.1, 0.15) is 12.1 Å². The number of alkyl halides is 3. The second kappa shape index (κ2) is 13.3. The SMILES string of the molecule is CCc1ccccc1-n1c(C)cs/c1=N\C(=O)NCC(CC)c1ccc(-c2ncn(-c3ccc(OC(F)(F)F)cc3)n2)cc1. The minimum Gasteiger partial charge on any atom is -0.406 e. The van der Waals surface area contributed by atoms with Crippen molar-refractivity contribution in [2.45, 2.75) is 45.9 Å². The molecule has 44 heavy (non-hydrogen) atoms. The van der Waals surface area contributed by atoms with E-state index in [-0.39, 0.29) is 11.7 Å². The lowest BCUT2D eigenvalue weighted by molar-refractivity contribution is -0.274. The quantitative estimate of drug-likeness (QED) is 0.187. The number of halogens is 3. The number of hydrogen-bond donors (Lipinski definition) is 1. The highest BCUT2D eigenvalue weighted by Crippen LogP contribution is 2.25. The number of urea groups is 1. The third-order valence-corrected chi connectivity index (χ3v) is 8.09. The molecule has 2 amide bonds. The number of para-hydroxylation sites is 1. The molecular weight excluding hydrogens is 589 g/mol. The van der Waals surface area contributed by atoms with Crippen molar-refractivity contribution < 1.29 is 22.7 Å². The summed E-state index contributed by atoms with van der Waals surface area (Å²) < 4.78 is 44.7. The number of aryl methyl sites for hydroxylation is 2. The maximum Gasteiger partial charge on any atom is 0.573 e. The van der Waals surface area contributed by atoms with E-state index >= 15 is 0 Å². The molecule has 12 heteroatoms. The zero-order valence-electron chi connectivity index (χ0n) is 24.4. The van der Waals surface area contributed by atoms with Crippen LogP contribution < -0.4 is 14.9 Å². The Morgan fingerprint density at radius 3 is 2.45 bits per heavy atom. The topological polar surface area (TPSA) is 86.3 Å². The number of ether oxygens (including phenoxy) is 1. The average Bonchev–Trinajstić information content (AvgIpc) is 3.64. The van der Waals surface area contributed by atoms with Gasteiger partial charge in [0.05, 0.1) is 11.4 Å². The molecule has 1 N–H and O–H groups in total. The summed E-state index contributed by atoms with van der Waals surface area (Å²) in [4.78, 5) is 22.2. The van der Waals surface area contributed by atoms with Gasteiger partial charge in [0, 0.05) is 29.1 Å². The van der Waals surface area contributed by atoms with E-state index in [2.05, 4.69) is 45.0 Å². The summed E-state index contributed by atoms with van der Waals surface area (Å²) >= 11 is 1.43. The van der Waals surface area contributed by atoms with E-state index < -0.39 is 12.4 Å². The van der Waals surface area contributed by atoms with Crippen LogP contribution in [0.5, 0.6) is 5.75 Å². The summed E-state index contributed by atoms with van der Waals surface area (Å²) in [6.07, 6.45) is -1.57. The first-order chi connectivity index (χ1) is 21.1. The number of nitrogens with one attached hydrogen (secondary N) is 1. The van der Waals surface area contributed by atoms with E-state index in [1.165, 1.54) is 52.2 Å². The van der Waals surface area contributed by atoms with Gasteiger partial charge in [-0.3, -0.25) is 4.57 Å². The number of nitrogens with zero attached hydrogens (tertiary/aromatic N) is 5. The van der Waals surface area contributed by atoms with Gasteiger partial charge >= 0.3 is 12.4 Å². The largest absolute Gasteiger partial charge is 0.573 e. The first-order valence-corrected chi connectivity index (χ1v) is 15.0. The highest BCUT2D eigenvalue weighted by atomic mass is 32.1. The van der Waals surface area contributed by atoms with Crippen LogP contribution in [0, 0.1) is 6.92 Å². The highest BCUT2D eigenvalue weighted by molar-refractivity contribution is 7.07. The van der Waals surface area contributed by atoms with Crippen molar-refractivity contribution in [2.24, 2.45) is 4.99 Å². The number of hydrogen-bond acceptors (Lipinski definition) is 5. The summed E-state index contributed by atoms with van der Waals surface area (Å²) in [6.45, 7) is 6.60. The first kappa shape index (κ1) is 30.7. The molecule has 1 unspecified atom stereocenters. The molecule has 2 aromatic heterocycles. The van der Waals surface area contributed by atoms with Crippen LogP contribution in [0.1, 0.15) is 43.0 Å². The Labute approximate surface area is 256 Å². The fourth-order valence-corrected chi connectivity index (χ4v) is 5.72. The number of rotatable bonds is 9. The molecule has 0 fully saturated rings. The van der Waals surface area contributed by atoms with Crippen LogP contribution in [0.25, 0.3) is 22.8 Å². The molecule has 5 aromatic rings. The van der Waals surface area contributed by atoms with E-state index in [1.807, 2.05) is 59.3 Å². The third kappa shape index (κ3) is 7.25. The Morgan fingerprint density at radius 2 is 1.77 bits per heavy atom. The number of aromatic nitrogens is 4. The average molecular weight is 621 g/mol. The predicted octanol–water partition coefficient (Wildman–Crippen LogP) is 7.36. The number of benzene rings is 3. The minimum absolute atomic E-state index is 0.0733. The zero-order chi connectivity index (χ0) is 31.3. The van der Waals surface area contributed by atoms with Crippen LogP contribution in [0.15, 0.2) is 89.5 Å². The third-order valence-electron chi connectivity index (χ3n) is 7.15. The number of carbonyl (C=O) groups is 1. The summed E-state index contributed by atoms with van der Waals surface area (Å²) in [5.74, 6) is 0.233. The van der Waals surface area contributed by atoms with Crippen LogP contribution in [-0.4, -0.2) is 38.3 Å². The van der Waals surface area contributed by atoms with Crippen molar-refractivity contribution in [1.29, 1.82) is 0 Å². The van der Waals surface area contributed by atoms with Gasteiger partial charge in [-0.25, -0.2) is 14.5 Å². The lowest BCUT2D eigenvalue weighted by atomic mass is 9.95. The van der Waals surface area contributed by atoms with Gasteiger partial charge in [0.15, 0.2) is 10.6 Å². The second-order valence-electron chi connectivity index (χ2n) is 10.1. The zero-order valence-corrected chi connectivity index (χ0v) is 25.2. The van der Waals surface area contributed by atoms with E-state index in [0.717, 1.165) is 35.3 Å². The van der Waals surface area contributed by atoms with Crippen molar-refractivity contribution >= 4 is 17.4 Å². The van der Waals surface area contributed by atoms with Gasteiger partial charge in [-0.2, -0.15) is 4.99 Å². The standard InChI is InChI=1S/C32H31F3N6O2S/c1-4-22-8-6-7-9-28(22)41-21(3)19-44-31(41)38-30(42)36-18-23(5-2)24-10-12-25(13-11-24)29-37-20-40(39-29)26-14-16-27(17-15-26)43-32(33,34)35/h6-17,19-20,23H,4-5,18H2,1-3H3,(H,36,42)/b38-31-. The summed E-state index contributed by atoms with van der Waals surface area (Å²) in [5.41, 5.74) is 5.60. The van der Waals surface area contributed by atoms with Gasteiger partial charge in [-0.15, -0.1) is 29.6 Å². The predicted molar refractivity (Wildman–Crippen MR) is 163 cm³/mol. The van der Waals surface area contributed by atoms with Crippen LogP contribution in [0.4, 0.5) is 18.0 Å². The molecule has 0 radical (unpaired) electrons. The van der Waals surface area contributed by atoms with E-state index in [1.54, 1.807) is 0 Å². The molecule has 0 saturated carbocycles. The Balaban J connectivity index is 1.24. The molecule has 3 aromatic carbocycles. The number of amides is 2. The van der Waals surface area contributed by atoms with Gasteiger partial charge in [-0.1, -0.05) is 56.3 Å². The molecule has 0 aliphatic heterocycles. The molecule has 2 heterocycles. The fourth-order valence-electron chi connectivity index (χ4n) is 4.85. The van der Waals surface area contributed by atoms with Crippen LogP contribution in [0.2, 0.25) is 0 Å². The van der Waals surface area contributed by atoms with Crippen LogP contribution in [0.3, 0.4) is 0 Å². The van der Waals surface area contributed by atoms with Crippen LogP contribution in [-0.2, 0) is 6.42 Å². The van der Waals surface area contributed by atoms with Crippen molar-refractivity contribution in [2.75, 3.05) is 6.54 Å². The van der Waals surface area contributed by atoms with Gasteiger partial charge in [0.2, 0.25) is 0 Å². The van der Waals surface area contributed by atoms with Gasteiger partial charge in [-0.05, 0) is 61.2 Å². The molecule has 5 rings (SSSR count). The Morgan fingerprint density at radius 1 is 1.05 bits per heavy atom. The van der Waals surface area contributed by atoms with Crippen molar-refractivity contribution in [1.82, 2.24) is 24.6 Å².